The zero-order valence-electron chi connectivity index (χ0n) is 12.8. The fourth-order valence-electron chi connectivity index (χ4n) is 2.18. The van der Waals surface area contributed by atoms with E-state index < -0.39 is 16.6 Å². The molecule has 1 heterocycles. The summed E-state index contributed by atoms with van der Waals surface area (Å²) in [6.45, 7) is 0. The second-order valence-electron chi connectivity index (χ2n) is 5.16. The van der Waals surface area contributed by atoms with Crippen LogP contribution in [0.4, 0.5) is 15.8 Å². The molecule has 0 spiro atoms. The second kappa shape index (κ2) is 6.91. The minimum atomic E-state index is -0.760. The van der Waals surface area contributed by atoms with E-state index in [-0.39, 0.29) is 17.8 Å². The van der Waals surface area contributed by atoms with Crippen molar-refractivity contribution in [3.63, 3.8) is 0 Å². The molecule has 2 aromatic carbocycles. The van der Waals surface area contributed by atoms with Gasteiger partial charge in [-0.1, -0.05) is 18.2 Å². The van der Waals surface area contributed by atoms with E-state index in [1.54, 1.807) is 0 Å². The van der Waals surface area contributed by atoms with Crippen LogP contribution in [0.3, 0.4) is 0 Å². The molecule has 126 valence electrons. The van der Waals surface area contributed by atoms with E-state index in [9.17, 15) is 19.3 Å². The van der Waals surface area contributed by atoms with Crippen LogP contribution >= 0.6 is 0 Å². The molecule has 0 saturated heterocycles. The Kier molecular flexibility index (Phi) is 4.51. The van der Waals surface area contributed by atoms with Crippen LogP contribution in [0, 0.1) is 15.9 Å². The molecule has 1 amide bonds. The summed E-state index contributed by atoms with van der Waals surface area (Å²) in [4.78, 5) is 26.3. The van der Waals surface area contributed by atoms with Gasteiger partial charge in [-0.3, -0.25) is 14.9 Å². The summed E-state index contributed by atoms with van der Waals surface area (Å²) < 4.78 is 19.0. The SMILES string of the molecule is O=C(Cc1coc(-c2ccccc2)n1)Nc1cc([N+](=O)[O-])ccc1F. The number of anilines is 1. The standard InChI is InChI=1S/C17H12FN3O4/c18-14-7-6-13(21(23)24)9-15(14)20-16(22)8-12-10-25-17(19-12)11-4-2-1-3-5-11/h1-7,9-10H,8H2,(H,20,22). The van der Waals surface area contributed by atoms with Crippen molar-refractivity contribution in [3.05, 3.63) is 76.4 Å². The molecule has 0 bridgehead atoms. The molecule has 0 saturated carbocycles. The van der Waals surface area contributed by atoms with Crippen molar-refractivity contribution in [1.29, 1.82) is 0 Å². The summed E-state index contributed by atoms with van der Waals surface area (Å²) in [6.07, 6.45) is 1.18. The molecule has 1 aromatic heterocycles. The highest BCUT2D eigenvalue weighted by molar-refractivity contribution is 5.92. The minimum absolute atomic E-state index is 0.154. The first kappa shape index (κ1) is 16.3. The molecular formula is C17H12FN3O4. The smallest absolute Gasteiger partial charge is 0.271 e. The van der Waals surface area contributed by atoms with E-state index in [4.69, 9.17) is 4.42 Å². The van der Waals surface area contributed by atoms with Crippen molar-refractivity contribution in [1.82, 2.24) is 4.98 Å². The first-order valence-electron chi connectivity index (χ1n) is 7.26. The number of nitro groups is 1. The van der Waals surface area contributed by atoms with E-state index in [2.05, 4.69) is 10.3 Å². The van der Waals surface area contributed by atoms with Crippen molar-refractivity contribution in [3.8, 4) is 11.5 Å². The fourth-order valence-corrected chi connectivity index (χ4v) is 2.18. The maximum Gasteiger partial charge on any atom is 0.271 e. The third-order valence-electron chi connectivity index (χ3n) is 3.35. The van der Waals surface area contributed by atoms with Gasteiger partial charge in [0.1, 0.15) is 12.1 Å². The van der Waals surface area contributed by atoms with Crippen LogP contribution < -0.4 is 5.32 Å². The van der Waals surface area contributed by atoms with Gasteiger partial charge in [-0.2, -0.15) is 0 Å². The lowest BCUT2D eigenvalue weighted by Crippen LogP contribution is -2.15. The molecular weight excluding hydrogens is 329 g/mol. The molecule has 0 aliphatic rings. The minimum Gasteiger partial charge on any atom is -0.444 e. The lowest BCUT2D eigenvalue weighted by molar-refractivity contribution is -0.384. The van der Waals surface area contributed by atoms with Gasteiger partial charge in [-0.15, -0.1) is 0 Å². The summed E-state index contributed by atoms with van der Waals surface area (Å²) in [5.41, 5.74) is 0.552. The molecule has 3 aromatic rings. The molecule has 8 heteroatoms. The number of non-ortho nitro benzene ring substituents is 1. The molecule has 0 unspecified atom stereocenters. The summed E-state index contributed by atoms with van der Waals surface area (Å²) in [6, 6.07) is 12.1. The number of nitrogens with one attached hydrogen (secondary N) is 1. The average Bonchev–Trinajstić information content (AvgIpc) is 3.06. The lowest BCUT2D eigenvalue weighted by atomic mass is 10.2. The Labute approximate surface area is 141 Å². The van der Waals surface area contributed by atoms with Crippen molar-refractivity contribution in [2.45, 2.75) is 6.42 Å². The predicted molar refractivity (Wildman–Crippen MR) is 87.3 cm³/mol. The Hall–Kier alpha value is -3.55. The third-order valence-corrected chi connectivity index (χ3v) is 3.35. The highest BCUT2D eigenvalue weighted by atomic mass is 19.1. The molecule has 3 rings (SSSR count). The van der Waals surface area contributed by atoms with Crippen LogP contribution in [0.5, 0.6) is 0 Å². The molecule has 0 atom stereocenters. The van der Waals surface area contributed by atoms with Crippen LogP contribution in [-0.2, 0) is 11.2 Å². The Morgan fingerprint density at radius 3 is 2.72 bits per heavy atom. The number of benzene rings is 2. The maximum absolute atomic E-state index is 13.7. The van der Waals surface area contributed by atoms with Gasteiger partial charge in [0.2, 0.25) is 11.8 Å². The highest BCUT2D eigenvalue weighted by Crippen LogP contribution is 2.22. The van der Waals surface area contributed by atoms with Crippen molar-refractivity contribution >= 4 is 17.3 Å². The number of nitro benzene ring substituents is 1. The number of carbonyl (C=O) groups excluding carboxylic acids is 1. The third kappa shape index (κ3) is 3.86. The monoisotopic (exact) mass is 341 g/mol. The quantitative estimate of drug-likeness (QED) is 0.565. The normalized spacial score (nSPS) is 10.4. The van der Waals surface area contributed by atoms with Gasteiger partial charge in [-0.05, 0) is 18.2 Å². The zero-order valence-corrected chi connectivity index (χ0v) is 12.8. The van der Waals surface area contributed by atoms with Crippen LogP contribution in [0.25, 0.3) is 11.5 Å². The Balaban J connectivity index is 1.70. The van der Waals surface area contributed by atoms with E-state index in [0.29, 0.717) is 11.6 Å². The highest BCUT2D eigenvalue weighted by Gasteiger charge is 2.15. The topological polar surface area (TPSA) is 98.3 Å². The van der Waals surface area contributed by atoms with E-state index >= 15 is 0 Å². The molecule has 0 aliphatic heterocycles. The van der Waals surface area contributed by atoms with Crippen LogP contribution in [0.1, 0.15) is 5.69 Å². The number of halogens is 1. The Bertz CT molecular complexity index is 925. The largest absolute Gasteiger partial charge is 0.444 e. The lowest BCUT2D eigenvalue weighted by Gasteiger charge is -2.05. The van der Waals surface area contributed by atoms with Gasteiger partial charge in [0.15, 0.2) is 0 Å². The summed E-state index contributed by atoms with van der Waals surface area (Å²) in [5, 5.41) is 13.0. The number of aromatic nitrogens is 1. The van der Waals surface area contributed by atoms with Crippen LogP contribution in [0.15, 0.2) is 59.2 Å². The number of hydrogen-bond donors (Lipinski definition) is 1. The van der Waals surface area contributed by atoms with Gasteiger partial charge < -0.3 is 9.73 Å². The first-order chi connectivity index (χ1) is 12.0. The summed E-state index contributed by atoms with van der Waals surface area (Å²) >= 11 is 0. The second-order valence-corrected chi connectivity index (χ2v) is 5.16. The number of rotatable bonds is 5. The average molecular weight is 341 g/mol. The first-order valence-corrected chi connectivity index (χ1v) is 7.26. The van der Waals surface area contributed by atoms with Gasteiger partial charge >= 0.3 is 0 Å². The number of oxazole rings is 1. The molecule has 25 heavy (non-hydrogen) atoms. The van der Waals surface area contributed by atoms with E-state index in [1.807, 2.05) is 30.3 Å². The van der Waals surface area contributed by atoms with E-state index in [1.165, 1.54) is 6.26 Å². The van der Waals surface area contributed by atoms with Gasteiger partial charge in [0, 0.05) is 17.7 Å². The fraction of sp³-hybridized carbons (Fsp3) is 0.0588. The molecule has 7 nitrogen and oxygen atoms in total. The Morgan fingerprint density at radius 1 is 1.24 bits per heavy atom. The van der Waals surface area contributed by atoms with Gasteiger partial charge in [0.05, 0.1) is 22.7 Å². The molecule has 1 N–H and O–H groups in total. The van der Waals surface area contributed by atoms with Crippen molar-refractivity contribution in [2.24, 2.45) is 0 Å². The van der Waals surface area contributed by atoms with Gasteiger partial charge in [0.25, 0.3) is 5.69 Å². The molecule has 0 aliphatic carbocycles. The Morgan fingerprint density at radius 2 is 2.00 bits per heavy atom. The summed E-state index contributed by atoms with van der Waals surface area (Å²) in [7, 11) is 0. The van der Waals surface area contributed by atoms with Crippen LogP contribution in [0.2, 0.25) is 0 Å². The molecule has 0 fully saturated rings. The predicted octanol–water partition coefficient (Wildman–Crippen LogP) is 3.57. The van der Waals surface area contributed by atoms with Crippen molar-refractivity contribution in [2.75, 3.05) is 5.32 Å². The van der Waals surface area contributed by atoms with Crippen molar-refractivity contribution < 1.29 is 18.5 Å². The van der Waals surface area contributed by atoms with Crippen LogP contribution in [-0.4, -0.2) is 15.8 Å². The maximum atomic E-state index is 13.7. The number of carbonyl (C=O) groups is 1. The number of nitrogens with zero attached hydrogens (tertiary/aromatic N) is 2. The summed E-state index contributed by atoms with van der Waals surface area (Å²) in [5.74, 6) is -0.957. The van der Waals surface area contributed by atoms with E-state index in [0.717, 1.165) is 23.8 Å². The zero-order chi connectivity index (χ0) is 17.8. The number of hydrogen-bond acceptors (Lipinski definition) is 5. The number of amides is 1. The van der Waals surface area contributed by atoms with Gasteiger partial charge in [-0.25, -0.2) is 9.37 Å². The molecule has 0 radical (unpaired) electrons.